The van der Waals surface area contributed by atoms with Crippen LogP contribution in [0.15, 0.2) is 41.3 Å². The van der Waals surface area contributed by atoms with Crippen LogP contribution in [0.3, 0.4) is 0 Å². The van der Waals surface area contributed by atoms with E-state index < -0.39 is 17.7 Å². The van der Waals surface area contributed by atoms with E-state index in [1.165, 1.54) is 0 Å². The van der Waals surface area contributed by atoms with Crippen molar-refractivity contribution in [1.29, 1.82) is 0 Å². The Kier molecular flexibility index (Phi) is 6.39. The van der Waals surface area contributed by atoms with Crippen LogP contribution in [0, 0.1) is 11.6 Å². The molecule has 4 aromatic rings. The molecule has 1 aliphatic rings. The van der Waals surface area contributed by atoms with Crippen molar-refractivity contribution < 1.29 is 17.9 Å². The van der Waals surface area contributed by atoms with Gasteiger partial charge < -0.3 is 25.1 Å². The molecule has 0 amide bonds. The normalized spacial score (nSPS) is 14.9. The second-order valence-electron chi connectivity index (χ2n) is 8.15. The Morgan fingerprint density at radius 3 is 2.57 bits per heavy atom. The van der Waals surface area contributed by atoms with Gasteiger partial charge in [0.25, 0.3) is 0 Å². The van der Waals surface area contributed by atoms with Crippen molar-refractivity contribution in [2.24, 2.45) is 0 Å². The number of anilines is 2. The van der Waals surface area contributed by atoms with Crippen LogP contribution < -0.4 is 20.7 Å². The minimum absolute atomic E-state index is 0.0381. The summed E-state index contributed by atoms with van der Waals surface area (Å²) in [5.41, 5.74) is 8.04. The van der Waals surface area contributed by atoms with Crippen molar-refractivity contribution in [1.82, 2.24) is 15.3 Å². The molecule has 5 rings (SSSR count). The molecule has 0 saturated carbocycles. The molecular weight excluding hydrogens is 499 g/mol. The lowest BCUT2D eigenvalue weighted by Crippen LogP contribution is -2.43. The van der Waals surface area contributed by atoms with Crippen molar-refractivity contribution in [3.63, 3.8) is 0 Å². The van der Waals surface area contributed by atoms with Gasteiger partial charge in [0.05, 0.1) is 21.7 Å². The summed E-state index contributed by atoms with van der Waals surface area (Å²) in [6, 6.07) is 4.49. The van der Waals surface area contributed by atoms with E-state index in [2.05, 4.69) is 20.2 Å². The first-order valence-electron chi connectivity index (χ1n) is 10.9. The van der Waals surface area contributed by atoms with Crippen LogP contribution in [0.5, 0.6) is 5.75 Å². The molecule has 3 N–H and O–H groups in total. The molecule has 0 spiro atoms. The number of furan rings is 1. The molecule has 0 bridgehead atoms. The molecule has 35 heavy (non-hydrogen) atoms. The molecule has 0 radical (unpaired) electrons. The predicted octanol–water partition coefficient (Wildman–Crippen LogP) is 5.61. The smallest absolute Gasteiger partial charge is 0.205 e. The summed E-state index contributed by atoms with van der Waals surface area (Å²) in [5, 5.41) is 3.31. The van der Waals surface area contributed by atoms with Gasteiger partial charge in [0.15, 0.2) is 11.4 Å². The molecule has 7 nitrogen and oxygen atoms in total. The van der Waals surface area contributed by atoms with Gasteiger partial charge >= 0.3 is 0 Å². The summed E-state index contributed by atoms with van der Waals surface area (Å²) >= 11 is 12.1. The molecular formula is C24H21Cl2F2N5O2. The van der Waals surface area contributed by atoms with Crippen LogP contribution in [0.25, 0.3) is 22.1 Å². The van der Waals surface area contributed by atoms with Crippen LogP contribution in [-0.2, 0) is 0 Å². The van der Waals surface area contributed by atoms with Crippen LogP contribution in [0.1, 0.15) is 18.6 Å². The average Bonchev–Trinajstić information content (AvgIpc) is 3.30. The van der Waals surface area contributed by atoms with Crippen LogP contribution in [0.4, 0.5) is 20.4 Å². The van der Waals surface area contributed by atoms with E-state index in [1.807, 2.05) is 12.1 Å². The number of hydrogen-bond donors (Lipinski definition) is 2. The minimum Gasteiger partial charge on any atom is -0.478 e. The third-order valence-corrected chi connectivity index (χ3v) is 6.71. The summed E-state index contributed by atoms with van der Waals surface area (Å²) in [6.07, 6.45) is 3.97. The molecule has 1 fully saturated rings. The van der Waals surface area contributed by atoms with Crippen molar-refractivity contribution >= 4 is 45.8 Å². The number of aromatic nitrogens is 2. The lowest BCUT2D eigenvalue weighted by atomic mass is 10.1. The lowest BCUT2D eigenvalue weighted by molar-refractivity contribution is 0.227. The topological polar surface area (TPSA) is 89.4 Å². The molecule has 4 heterocycles. The van der Waals surface area contributed by atoms with Gasteiger partial charge in [0.1, 0.15) is 23.6 Å². The predicted molar refractivity (Wildman–Crippen MR) is 132 cm³/mol. The number of hydrogen-bond acceptors (Lipinski definition) is 7. The Bertz CT molecular complexity index is 1380. The first-order chi connectivity index (χ1) is 16.8. The van der Waals surface area contributed by atoms with Crippen LogP contribution in [-0.4, -0.2) is 36.1 Å². The maximum atomic E-state index is 14.1. The van der Waals surface area contributed by atoms with Gasteiger partial charge in [-0.2, -0.15) is 0 Å². The number of nitrogen functional groups attached to an aromatic ring is 1. The zero-order chi connectivity index (χ0) is 24.7. The molecule has 1 aliphatic heterocycles. The van der Waals surface area contributed by atoms with E-state index in [0.29, 0.717) is 17.0 Å². The average molecular weight is 520 g/mol. The van der Waals surface area contributed by atoms with Gasteiger partial charge in [-0.1, -0.05) is 23.2 Å². The highest BCUT2D eigenvalue weighted by Crippen LogP contribution is 2.42. The highest BCUT2D eigenvalue weighted by molar-refractivity contribution is 6.36. The van der Waals surface area contributed by atoms with Crippen molar-refractivity contribution in [2.45, 2.75) is 13.0 Å². The minimum atomic E-state index is -0.955. The lowest BCUT2D eigenvalue weighted by Gasteiger charge is -2.28. The van der Waals surface area contributed by atoms with E-state index >= 15 is 0 Å². The summed E-state index contributed by atoms with van der Waals surface area (Å²) in [6.45, 7) is 5.07. The number of benzene rings is 1. The zero-order valence-electron chi connectivity index (χ0n) is 18.6. The van der Waals surface area contributed by atoms with Gasteiger partial charge in [0.2, 0.25) is 5.75 Å². The van der Waals surface area contributed by atoms with Gasteiger partial charge in [-0.05, 0) is 24.6 Å². The maximum absolute atomic E-state index is 14.1. The molecule has 11 heteroatoms. The fourth-order valence-electron chi connectivity index (χ4n) is 4.15. The summed E-state index contributed by atoms with van der Waals surface area (Å²) in [5.74, 6) is -0.854. The van der Waals surface area contributed by atoms with Gasteiger partial charge in [-0.25, -0.2) is 18.7 Å². The van der Waals surface area contributed by atoms with Crippen molar-refractivity contribution in [2.75, 3.05) is 36.8 Å². The number of pyridine rings is 2. The largest absolute Gasteiger partial charge is 0.478 e. The first kappa shape index (κ1) is 23.6. The number of piperazine rings is 1. The summed E-state index contributed by atoms with van der Waals surface area (Å²) in [4.78, 5) is 11.0. The Morgan fingerprint density at radius 2 is 1.86 bits per heavy atom. The quantitative estimate of drug-likeness (QED) is 0.331. The van der Waals surface area contributed by atoms with E-state index in [-0.39, 0.29) is 27.2 Å². The molecule has 0 aliphatic carbocycles. The van der Waals surface area contributed by atoms with E-state index in [9.17, 15) is 8.78 Å². The van der Waals surface area contributed by atoms with Crippen LogP contribution >= 0.6 is 23.2 Å². The number of nitrogens with one attached hydrogen (secondary N) is 1. The number of rotatable bonds is 5. The number of halogens is 4. The molecule has 1 saturated heterocycles. The Morgan fingerprint density at radius 1 is 1.14 bits per heavy atom. The fraction of sp³-hybridized carbons (Fsp3) is 0.250. The molecule has 0 unspecified atom stereocenters. The number of nitrogens with zero attached hydrogens (tertiary/aromatic N) is 3. The SMILES string of the molecule is C[C@@H](Oc1c(N)ncc2c(-c3ccnc(N4CCNCC4)c3)coc12)c1c(Cl)c(F)cc(F)c1Cl. The molecule has 1 aromatic carbocycles. The second kappa shape index (κ2) is 9.49. The van der Waals surface area contributed by atoms with Gasteiger partial charge in [-0.15, -0.1) is 0 Å². The Balaban J connectivity index is 1.52. The number of fused-ring (bicyclic) bond motifs is 1. The standard InChI is InChI=1S/C24H21Cl2F2N5O2/c1-12(19-20(25)16(27)9-17(28)21(19)26)35-23-22-14(10-32-24(23)29)15(11-34-22)13-2-3-31-18(8-13)33-6-4-30-5-7-33/h2-3,8-12,30H,4-7H2,1H3,(H2,29,32)/t12-/m1/s1. The third kappa shape index (κ3) is 4.35. The van der Waals surface area contributed by atoms with Crippen LogP contribution in [0.2, 0.25) is 10.0 Å². The number of ether oxygens (including phenoxy) is 1. The monoisotopic (exact) mass is 519 g/mol. The molecule has 182 valence electrons. The van der Waals surface area contributed by atoms with E-state index in [4.69, 9.17) is 38.1 Å². The zero-order valence-corrected chi connectivity index (χ0v) is 20.1. The summed E-state index contributed by atoms with van der Waals surface area (Å²) in [7, 11) is 0. The maximum Gasteiger partial charge on any atom is 0.205 e. The molecule has 3 aromatic heterocycles. The van der Waals surface area contributed by atoms with Crippen molar-refractivity contribution in [3.8, 4) is 16.9 Å². The number of nitrogens with two attached hydrogens (primary N) is 1. The second-order valence-corrected chi connectivity index (χ2v) is 8.90. The van der Waals surface area contributed by atoms with Gasteiger partial charge in [-0.3, -0.25) is 0 Å². The Labute approximate surface area is 209 Å². The fourth-order valence-corrected chi connectivity index (χ4v) is 4.81. The van der Waals surface area contributed by atoms with E-state index in [0.717, 1.165) is 43.1 Å². The van der Waals surface area contributed by atoms with Crippen molar-refractivity contribution in [3.05, 3.63) is 64.1 Å². The Hall–Kier alpha value is -3.14. The van der Waals surface area contributed by atoms with E-state index in [1.54, 1.807) is 25.6 Å². The summed E-state index contributed by atoms with van der Waals surface area (Å²) < 4.78 is 39.9. The molecule has 1 atom stereocenters. The first-order valence-corrected chi connectivity index (χ1v) is 11.7. The highest BCUT2D eigenvalue weighted by atomic mass is 35.5. The highest BCUT2D eigenvalue weighted by Gasteiger charge is 2.25. The van der Waals surface area contributed by atoms with Gasteiger partial charge in [0, 0.05) is 55.8 Å². The third-order valence-electron chi connectivity index (χ3n) is 5.95.